The van der Waals surface area contributed by atoms with Crippen LogP contribution in [0, 0.1) is 0 Å². The van der Waals surface area contributed by atoms with E-state index in [-0.39, 0.29) is 78.2 Å². The van der Waals surface area contributed by atoms with Crippen LogP contribution in [0.1, 0.15) is 5.56 Å². The van der Waals surface area contributed by atoms with Crippen LogP contribution in [0.15, 0.2) is 22.6 Å². The van der Waals surface area contributed by atoms with Gasteiger partial charge in [-0.2, -0.15) is 0 Å². The van der Waals surface area contributed by atoms with Crippen molar-refractivity contribution in [2.24, 2.45) is 0 Å². The Labute approximate surface area is 147 Å². The summed E-state index contributed by atoms with van der Waals surface area (Å²) >= 11 is 8.59. The number of hydrogen-bond acceptors (Lipinski definition) is 1. The third-order valence-corrected chi connectivity index (χ3v) is 2.37. The molecule has 0 aliphatic heterocycles. The largest absolute Gasteiger partial charge is 1.00 e. The Bertz CT molecular complexity index is 411. The number of rotatable bonds is 2. The fourth-order valence-electron chi connectivity index (χ4n) is 0.926. The number of benzene rings is 1. The van der Waals surface area contributed by atoms with Gasteiger partial charge in [0.15, 0.2) is 0 Å². The van der Waals surface area contributed by atoms with Gasteiger partial charge in [-0.05, 0) is 28.1 Å². The molecule has 8 heteroatoms. The topological polar surface area (TPSA) is 20.2 Å². The Kier molecular flexibility index (Phi) is 7.26. The Balaban J connectivity index is 0.00000225. The van der Waals surface area contributed by atoms with Crippen LogP contribution in [0.25, 0.3) is 6.08 Å². The van der Waals surface area contributed by atoms with Crippen molar-refractivity contribution < 1.29 is 69.4 Å². The zero-order valence-corrected chi connectivity index (χ0v) is 13.7. The summed E-state index contributed by atoms with van der Waals surface area (Å²) < 4.78 is 36.0. The minimum absolute atomic E-state index is 0. The minimum Gasteiger partial charge on any atom is -0.506 e. The maximum Gasteiger partial charge on any atom is 1.00 e. The van der Waals surface area contributed by atoms with Crippen LogP contribution in [-0.2, 0) is 0 Å². The average Bonchev–Trinajstić information content (AvgIpc) is 2.07. The molecule has 0 bridgehead atoms. The van der Waals surface area contributed by atoms with Gasteiger partial charge in [0.2, 0.25) is 0 Å². The zero-order chi connectivity index (χ0) is 11.6. The first-order valence-electron chi connectivity index (χ1n) is 3.87. The van der Waals surface area contributed by atoms with Crippen molar-refractivity contribution in [3.8, 4) is 5.75 Å². The summed E-state index contributed by atoms with van der Waals surface area (Å²) in [6.45, 7) is -5.01. The number of phenolic OH excluding ortho intramolecular Hbond substituents is 1. The summed E-state index contributed by atoms with van der Waals surface area (Å²) in [5.74, 6) is -0.173. The summed E-state index contributed by atoms with van der Waals surface area (Å²) in [5, 5.41) is 9.65. The first-order chi connectivity index (χ1) is 6.79. The van der Waals surface area contributed by atoms with Crippen LogP contribution in [0.2, 0.25) is 5.02 Å². The monoisotopic (exact) mass is 338 g/mol. The van der Waals surface area contributed by atoms with Gasteiger partial charge in [0.1, 0.15) is 5.75 Å². The molecule has 0 radical (unpaired) electrons. The molecule has 0 saturated carbocycles. The second kappa shape index (κ2) is 6.82. The quantitative estimate of drug-likeness (QED) is 0.803. The normalized spacial score (nSPS) is 11.6. The minimum atomic E-state index is -5.01. The van der Waals surface area contributed by atoms with Crippen molar-refractivity contribution in [3.63, 3.8) is 0 Å². The molecule has 1 aromatic carbocycles. The van der Waals surface area contributed by atoms with Crippen molar-refractivity contribution in [3.05, 3.63) is 33.2 Å². The maximum atomic E-state index is 11.9. The maximum absolute atomic E-state index is 11.9. The summed E-state index contributed by atoms with van der Waals surface area (Å²) in [6.07, 6.45) is 0.784. The zero-order valence-electron chi connectivity index (χ0n) is 8.22. The summed E-state index contributed by atoms with van der Waals surface area (Å²) in [6, 6.07) is 2.65. The van der Waals surface area contributed by atoms with E-state index in [1.54, 1.807) is 0 Å². The van der Waals surface area contributed by atoms with Crippen molar-refractivity contribution in [1.29, 1.82) is 0 Å². The number of halogens is 5. The van der Waals surface area contributed by atoms with Gasteiger partial charge in [-0.3, -0.25) is 0 Å². The molecule has 0 atom stereocenters. The van der Waals surface area contributed by atoms with Gasteiger partial charge in [-0.15, -0.1) is 5.98 Å². The molecule has 0 amide bonds. The molecule has 82 valence electrons. The molecule has 1 nitrogen and oxygen atoms in total. The Morgan fingerprint density at radius 2 is 1.88 bits per heavy atom. The molecule has 0 aromatic heterocycles. The molecular formula is C8H5BBrClF3KO. The number of hydrogen-bond donors (Lipinski definition) is 1. The van der Waals surface area contributed by atoms with Gasteiger partial charge in [-0.25, -0.2) is 0 Å². The molecule has 1 aromatic rings. The summed E-state index contributed by atoms with van der Waals surface area (Å²) in [4.78, 5) is 0. The number of aromatic hydroxyl groups is 1. The Morgan fingerprint density at radius 3 is 2.38 bits per heavy atom. The SMILES string of the molecule is Oc1c(Br)cc(Cl)cc1/C=C/[B-](F)(F)F.[K+]. The van der Waals surface area contributed by atoms with E-state index in [2.05, 4.69) is 15.9 Å². The summed E-state index contributed by atoms with van der Waals surface area (Å²) in [7, 11) is 0. The standard InChI is InChI=1S/C8H5BBrClF3O.K/c10-7-4-6(11)3-5(8(7)15)1-2-9(12,13)14;/h1-4,15H;/q-1;+1/b2-1+;. The van der Waals surface area contributed by atoms with Crippen LogP contribution in [0.5, 0.6) is 5.75 Å². The molecular weight excluding hydrogens is 334 g/mol. The molecule has 1 N–H and O–H groups in total. The van der Waals surface area contributed by atoms with E-state index in [0.717, 1.165) is 6.08 Å². The van der Waals surface area contributed by atoms with Gasteiger partial charge in [0.25, 0.3) is 0 Å². The van der Waals surface area contributed by atoms with E-state index in [1.165, 1.54) is 12.1 Å². The van der Waals surface area contributed by atoms with Crippen LogP contribution < -0.4 is 51.4 Å². The summed E-state index contributed by atoms with van der Waals surface area (Å²) in [5.41, 5.74) is 0.0218. The third-order valence-electron chi connectivity index (χ3n) is 1.55. The smallest absolute Gasteiger partial charge is 0.506 e. The van der Waals surface area contributed by atoms with Crippen molar-refractivity contribution in [2.75, 3.05) is 0 Å². The van der Waals surface area contributed by atoms with Gasteiger partial charge in [0.05, 0.1) is 4.47 Å². The first kappa shape index (κ1) is 17.0. The van der Waals surface area contributed by atoms with E-state index in [4.69, 9.17) is 11.6 Å². The van der Waals surface area contributed by atoms with E-state index >= 15 is 0 Å². The molecule has 0 fully saturated rings. The molecule has 0 unspecified atom stereocenters. The predicted molar refractivity (Wildman–Crippen MR) is 58.9 cm³/mol. The average molecular weight is 339 g/mol. The van der Waals surface area contributed by atoms with E-state index in [1.807, 2.05) is 0 Å². The van der Waals surface area contributed by atoms with Crippen LogP contribution in [0.3, 0.4) is 0 Å². The van der Waals surface area contributed by atoms with Gasteiger partial charge in [0, 0.05) is 10.6 Å². The third kappa shape index (κ3) is 5.57. The molecule has 0 heterocycles. The molecule has 0 spiro atoms. The van der Waals surface area contributed by atoms with E-state index < -0.39 is 6.98 Å². The molecule has 16 heavy (non-hydrogen) atoms. The molecule has 1 rings (SSSR count). The first-order valence-corrected chi connectivity index (χ1v) is 5.04. The molecule has 0 aliphatic carbocycles. The second-order valence-electron chi connectivity index (χ2n) is 2.81. The Hall–Kier alpha value is 1.02. The second-order valence-corrected chi connectivity index (χ2v) is 4.10. The van der Waals surface area contributed by atoms with Crippen molar-refractivity contribution in [1.82, 2.24) is 0 Å². The van der Waals surface area contributed by atoms with Crippen molar-refractivity contribution in [2.45, 2.75) is 0 Å². The Morgan fingerprint density at radius 1 is 1.31 bits per heavy atom. The fourth-order valence-corrected chi connectivity index (χ4v) is 1.76. The van der Waals surface area contributed by atoms with Gasteiger partial charge >= 0.3 is 58.4 Å². The molecule has 0 saturated heterocycles. The predicted octanol–water partition coefficient (Wildman–Crippen LogP) is 1.21. The van der Waals surface area contributed by atoms with Crippen LogP contribution in [0.4, 0.5) is 12.9 Å². The van der Waals surface area contributed by atoms with Gasteiger partial charge in [-0.1, -0.05) is 17.7 Å². The van der Waals surface area contributed by atoms with Crippen LogP contribution in [-0.4, -0.2) is 12.1 Å². The molecule has 0 aliphatic rings. The van der Waals surface area contributed by atoms with Gasteiger partial charge < -0.3 is 18.1 Å². The van der Waals surface area contributed by atoms with Crippen LogP contribution >= 0.6 is 27.5 Å². The van der Waals surface area contributed by atoms with E-state index in [9.17, 15) is 18.1 Å². The number of phenols is 1. The van der Waals surface area contributed by atoms with E-state index in [0.29, 0.717) is 0 Å². The fraction of sp³-hybridized carbons (Fsp3) is 0. The van der Waals surface area contributed by atoms with Crippen molar-refractivity contribution >= 4 is 40.6 Å².